The maximum atomic E-state index is 10.5. The van der Waals surface area contributed by atoms with Gasteiger partial charge < -0.3 is 14.8 Å². The standard InChI is InChI=1S/C7H6O5S/c8-4-1-2-6(13(11)12)5(3-4)7(9)10/h1-3,8H,(H,9,10)(H,11,12)/p-1. The third-order valence-electron chi connectivity index (χ3n) is 1.37. The van der Waals surface area contributed by atoms with Crippen molar-refractivity contribution in [2.24, 2.45) is 0 Å². The molecule has 2 N–H and O–H groups in total. The molecular formula is C7H5O5S-. The Hall–Kier alpha value is -1.40. The predicted octanol–water partition coefficient (Wildman–Crippen LogP) is 0.328. The zero-order valence-electron chi connectivity index (χ0n) is 6.26. The Morgan fingerprint density at radius 1 is 1.46 bits per heavy atom. The number of carbonyl (C=O) groups is 1. The van der Waals surface area contributed by atoms with E-state index in [1.807, 2.05) is 0 Å². The second-order valence-corrected chi connectivity index (χ2v) is 3.13. The van der Waals surface area contributed by atoms with Crippen LogP contribution in [0.3, 0.4) is 0 Å². The molecule has 0 spiro atoms. The van der Waals surface area contributed by atoms with Gasteiger partial charge in [-0.15, -0.1) is 0 Å². The van der Waals surface area contributed by atoms with Gasteiger partial charge in [-0.05, 0) is 29.3 Å². The van der Waals surface area contributed by atoms with Gasteiger partial charge in [-0.3, -0.25) is 4.21 Å². The molecule has 0 heterocycles. The van der Waals surface area contributed by atoms with Crippen molar-refractivity contribution < 1.29 is 23.8 Å². The summed E-state index contributed by atoms with van der Waals surface area (Å²) in [6, 6.07) is 3.02. The van der Waals surface area contributed by atoms with Crippen molar-refractivity contribution in [2.45, 2.75) is 4.90 Å². The van der Waals surface area contributed by atoms with Gasteiger partial charge in [0.2, 0.25) is 0 Å². The third-order valence-corrected chi connectivity index (χ3v) is 2.09. The molecule has 1 rings (SSSR count). The maximum Gasteiger partial charge on any atom is 0.337 e. The fraction of sp³-hybridized carbons (Fsp3) is 0. The average molecular weight is 201 g/mol. The number of carboxylic acids is 1. The molecule has 0 fully saturated rings. The molecule has 0 amide bonds. The normalized spacial score (nSPS) is 12.4. The molecule has 0 aliphatic carbocycles. The molecule has 0 bridgehead atoms. The predicted molar refractivity (Wildman–Crippen MR) is 42.3 cm³/mol. The van der Waals surface area contributed by atoms with Crippen LogP contribution >= 0.6 is 0 Å². The number of phenolic OH excluding ortho intramolecular Hbond substituents is 1. The van der Waals surface area contributed by atoms with Crippen molar-refractivity contribution in [1.82, 2.24) is 0 Å². The summed E-state index contributed by atoms with van der Waals surface area (Å²) < 4.78 is 21.0. The van der Waals surface area contributed by atoms with Gasteiger partial charge in [0.1, 0.15) is 5.75 Å². The molecule has 1 unspecified atom stereocenters. The largest absolute Gasteiger partial charge is 0.768 e. The first-order chi connectivity index (χ1) is 6.02. The van der Waals surface area contributed by atoms with Crippen molar-refractivity contribution in [3.8, 4) is 5.75 Å². The molecule has 0 saturated carbocycles. The summed E-state index contributed by atoms with van der Waals surface area (Å²) in [5, 5.41) is 17.5. The van der Waals surface area contributed by atoms with Crippen molar-refractivity contribution in [3.63, 3.8) is 0 Å². The third kappa shape index (κ3) is 2.04. The van der Waals surface area contributed by atoms with Crippen LogP contribution in [0.25, 0.3) is 0 Å². The van der Waals surface area contributed by atoms with Crippen molar-refractivity contribution >= 4 is 17.0 Å². The molecule has 0 aliphatic heterocycles. The minimum atomic E-state index is -2.61. The van der Waals surface area contributed by atoms with Gasteiger partial charge in [0.15, 0.2) is 0 Å². The van der Waals surface area contributed by atoms with E-state index in [9.17, 15) is 13.6 Å². The highest BCUT2D eigenvalue weighted by atomic mass is 32.2. The highest BCUT2D eigenvalue weighted by Crippen LogP contribution is 2.18. The lowest BCUT2D eigenvalue weighted by molar-refractivity contribution is 0.0692. The van der Waals surface area contributed by atoms with Gasteiger partial charge in [-0.1, -0.05) is 0 Å². The number of carboxylic acid groups (broad SMARTS) is 1. The van der Waals surface area contributed by atoms with Crippen LogP contribution in [-0.2, 0) is 11.1 Å². The minimum Gasteiger partial charge on any atom is -0.768 e. The molecule has 0 radical (unpaired) electrons. The van der Waals surface area contributed by atoms with E-state index in [1.54, 1.807) is 0 Å². The van der Waals surface area contributed by atoms with Gasteiger partial charge in [-0.25, -0.2) is 4.79 Å². The highest BCUT2D eigenvalue weighted by Gasteiger charge is 2.10. The van der Waals surface area contributed by atoms with Crippen molar-refractivity contribution in [3.05, 3.63) is 23.8 Å². The monoisotopic (exact) mass is 201 g/mol. The lowest BCUT2D eigenvalue weighted by atomic mass is 10.2. The Morgan fingerprint density at radius 2 is 2.08 bits per heavy atom. The first-order valence-corrected chi connectivity index (χ1v) is 4.25. The number of rotatable bonds is 2. The van der Waals surface area contributed by atoms with E-state index in [0.717, 1.165) is 18.2 Å². The second kappa shape index (κ2) is 3.55. The minimum absolute atomic E-state index is 0.286. The molecule has 1 atom stereocenters. The van der Waals surface area contributed by atoms with Crippen LogP contribution in [0.1, 0.15) is 10.4 Å². The van der Waals surface area contributed by atoms with E-state index in [1.165, 1.54) is 0 Å². The van der Waals surface area contributed by atoms with Crippen LogP contribution in [0.5, 0.6) is 5.75 Å². The van der Waals surface area contributed by atoms with Gasteiger partial charge in [0.05, 0.1) is 5.56 Å². The van der Waals surface area contributed by atoms with Crippen molar-refractivity contribution in [2.75, 3.05) is 0 Å². The maximum absolute atomic E-state index is 10.5. The van der Waals surface area contributed by atoms with E-state index in [2.05, 4.69) is 0 Å². The first kappa shape index (κ1) is 9.69. The van der Waals surface area contributed by atoms with Crippen LogP contribution in [-0.4, -0.2) is 24.9 Å². The Morgan fingerprint density at radius 3 is 2.54 bits per heavy atom. The van der Waals surface area contributed by atoms with E-state index in [0.29, 0.717) is 0 Å². The molecule has 1 aromatic carbocycles. The quantitative estimate of drug-likeness (QED) is 0.672. The van der Waals surface area contributed by atoms with Crippen LogP contribution in [0.4, 0.5) is 0 Å². The van der Waals surface area contributed by atoms with E-state index in [4.69, 9.17) is 10.2 Å². The molecule has 70 valence electrons. The number of aromatic carboxylic acids is 1. The van der Waals surface area contributed by atoms with E-state index < -0.39 is 22.6 Å². The SMILES string of the molecule is O=C(O)c1cc(O)ccc1S(=O)[O-]. The summed E-state index contributed by atoms with van der Waals surface area (Å²) in [7, 11) is 0. The fourth-order valence-electron chi connectivity index (χ4n) is 0.830. The molecule has 6 heteroatoms. The number of hydrogen-bond donors (Lipinski definition) is 2. The number of aromatic hydroxyl groups is 1. The van der Waals surface area contributed by atoms with Crippen LogP contribution in [0.2, 0.25) is 0 Å². The summed E-state index contributed by atoms with van der Waals surface area (Å²) in [5.41, 5.74) is -0.437. The highest BCUT2D eigenvalue weighted by molar-refractivity contribution is 7.79. The molecular weight excluding hydrogens is 196 g/mol. The van der Waals surface area contributed by atoms with E-state index >= 15 is 0 Å². The average Bonchev–Trinajstić information content (AvgIpc) is 2.03. The van der Waals surface area contributed by atoms with E-state index in [-0.39, 0.29) is 10.6 Å². The zero-order valence-corrected chi connectivity index (χ0v) is 7.08. The van der Waals surface area contributed by atoms with Crippen molar-refractivity contribution in [1.29, 1.82) is 0 Å². The Bertz CT molecular complexity index is 373. The molecule has 0 saturated heterocycles. The lowest BCUT2D eigenvalue weighted by Crippen LogP contribution is -2.03. The molecule has 0 aliphatic rings. The number of hydrogen-bond acceptors (Lipinski definition) is 4. The summed E-state index contributed by atoms with van der Waals surface area (Å²) in [6.07, 6.45) is 0. The number of benzene rings is 1. The smallest absolute Gasteiger partial charge is 0.337 e. The van der Waals surface area contributed by atoms with Crippen LogP contribution in [0, 0.1) is 0 Å². The van der Waals surface area contributed by atoms with Gasteiger partial charge in [0, 0.05) is 4.90 Å². The van der Waals surface area contributed by atoms with Gasteiger partial charge in [-0.2, -0.15) is 0 Å². The Kier molecular flexibility index (Phi) is 2.64. The number of phenols is 1. The molecule has 1 aromatic rings. The second-order valence-electron chi connectivity index (χ2n) is 2.22. The zero-order chi connectivity index (χ0) is 10.0. The van der Waals surface area contributed by atoms with Gasteiger partial charge in [0.25, 0.3) is 0 Å². The first-order valence-electron chi connectivity index (χ1n) is 3.18. The molecule has 13 heavy (non-hydrogen) atoms. The van der Waals surface area contributed by atoms with Gasteiger partial charge >= 0.3 is 5.97 Å². The lowest BCUT2D eigenvalue weighted by Gasteiger charge is -2.08. The summed E-state index contributed by atoms with van der Waals surface area (Å²) in [4.78, 5) is 10.2. The summed E-state index contributed by atoms with van der Waals surface area (Å²) in [6.45, 7) is 0. The fourth-order valence-corrected chi connectivity index (χ4v) is 1.34. The van der Waals surface area contributed by atoms with Crippen LogP contribution < -0.4 is 0 Å². The Balaban J connectivity index is 3.35. The Labute approximate surface area is 75.9 Å². The molecule has 5 nitrogen and oxygen atoms in total. The summed E-state index contributed by atoms with van der Waals surface area (Å²) in [5.74, 6) is -1.68. The topological polar surface area (TPSA) is 97.7 Å². The molecule has 0 aromatic heterocycles. The van der Waals surface area contributed by atoms with Crippen LogP contribution in [0.15, 0.2) is 23.1 Å². The summed E-state index contributed by atoms with van der Waals surface area (Å²) >= 11 is -2.61.